The molecular weight excluding hydrogens is 288 g/mol. The Hall–Kier alpha value is -2.46. The van der Waals surface area contributed by atoms with Crippen molar-refractivity contribution >= 4 is 34.1 Å². The van der Waals surface area contributed by atoms with Crippen LogP contribution in [0.1, 0.15) is 0 Å². The number of benzene rings is 2. The molecule has 3 aromatic rings. The average molecular weight is 301 g/mol. The summed E-state index contributed by atoms with van der Waals surface area (Å²) in [6.07, 6.45) is 1.83. The van der Waals surface area contributed by atoms with E-state index in [1.807, 2.05) is 36.5 Å². The predicted octanol–water partition coefficient (Wildman–Crippen LogP) is 3.84. The average Bonchev–Trinajstić information content (AvgIpc) is 2.96. The fourth-order valence-electron chi connectivity index (χ4n) is 2.07. The van der Waals surface area contributed by atoms with E-state index in [0.717, 1.165) is 10.9 Å². The van der Waals surface area contributed by atoms with Crippen LogP contribution in [0.3, 0.4) is 0 Å². The van der Waals surface area contributed by atoms with E-state index in [9.17, 15) is 4.79 Å². The summed E-state index contributed by atoms with van der Waals surface area (Å²) in [5, 5.41) is 4.16. The lowest BCUT2D eigenvalue weighted by atomic mass is 10.2. The Morgan fingerprint density at radius 1 is 1.14 bits per heavy atom. The molecule has 0 fully saturated rings. The number of aromatic amines is 1. The maximum atomic E-state index is 11.9. The Morgan fingerprint density at radius 3 is 2.86 bits per heavy atom. The van der Waals surface area contributed by atoms with Crippen molar-refractivity contribution in [3.8, 4) is 5.75 Å². The number of halogens is 1. The van der Waals surface area contributed by atoms with Crippen molar-refractivity contribution in [3.63, 3.8) is 0 Å². The number of carbonyl (C=O) groups is 1. The van der Waals surface area contributed by atoms with Gasteiger partial charge in [-0.05, 0) is 30.3 Å². The van der Waals surface area contributed by atoms with Crippen LogP contribution in [-0.2, 0) is 4.79 Å². The zero-order valence-corrected chi connectivity index (χ0v) is 11.9. The molecule has 106 valence electrons. The number of para-hydroxylation sites is 1. The number of amides is 1. The zero-order chi connectivity index (χ0) is 14.7. The molecule has 0 saturated heterocycles. The third-order valence-electron chi connectivity index (χ3n) is 3.06. The fourth-order valence-corrected chi connectivity index (χ4v) is 2.26. The van der Waals surface area contributed by atoms with Crippen molar-refractivity contribution in [2.45, 2.75) is 0 Å². The molecule has 0 aliphatic rings. The number of carbonyl (C=O) groups excluding carboxylic acids is 1. The molecule has 5 heteroatoms. The van der Waals surface area contributed by atoms with E-state index in [1.165, 1.54) is 0 Å². The smallest absolute Gasteiger partial charge is 0.262 e. The van der Waals surface area contributed by atoms with Gasteiger partial charge in [-0.15, -0.1) is 0 Å². The van der Waals surface area contributed by atoms with Crippen LogP contribution in [-0.4, -0.2) is 17.5 Å². The minimum Gasteiger partial charge on any atom is -0.483 e. The maximum Gasteiger partial charge on any atom is 0.262 e. The molecule has 0 aliphatic carbocycles. The second-order valence-corrected chi connectivity index (χ2v) is 4.92. The topological polar surface area (TPSA) is 54.1 Å². The molecule has 0 saturated carbocycles. The Morgan fingerprint density at radius 2 is 2.00 bits per heavy atom. The lowest BCUT2D eigenvalue weighted by Crippen LogP contribution is -2.20. The van der Waals surface area contributed by atoms with E-state index in [0.29, 0.717) is 16.5 Å². The number of ether oxygens (including phenoxy) is 1. The number of aromatic nitrogens is 1. The van der Waals surface area contributed by atoms with Gasteiger partial charge in [0.15, 0.2) is 6.61 Å². The van der Waals surface area contributed by atoms with E-state index in [4.69, 9.17) is 16.3 Å². The molecule has 0 unspecified atom stereocenters. The number of anilines is 1. The number of fused-ring (bicyclic) bond motifs is 1. The first-order valence-corrected chi connectivity index (χ1v) is 6.85. The Kier molecular flexibility index (Phi) is 3.79. The van der Waals surface area contributed by atoms with Gasteiger partial charge in [0.2, 0.25) is 0 Å². The first kappa shape index (κ1) is 13.5. The third-order valence-corrected chi connectivity index (χ3v) is 3.39. The molecule has 2 aromatic carbocycles. The molecule has 1 aromatic heterocycles. The third kappa shape index (κ3) is 3.01. The van der Waals surface area contributed by atoms with Gasteiger partial charge >= 0.3 is 0 Å². The van der Waals surface area contributed by atoms with Gasteiger partial charge < -0.3 is 15.0 Å². The quantitative estimate of drug-likeness (QED) is 0.769. The summed E-state index contributed by atoms with van der Waals surface area (Å²) in [4.78, 5) is 15.0. The summed E-state index contributed by atoms with van der Waals surface area (Å²) in [6, 6.07) is 14.7. The highest BCUT2D eigenvalue weighted by molar-refractivity contribution is 6.33. The van der Waals surface area contributed by atoms with Crippen LogP contribution in [0, 0.1) is 0 Å². The molecule has 0 aliphatic heterocycles. The maximum absolute atomic E-state index is 11.9. The summed E-state index contributed by atoms with van der Waals surface area (Å²) < 4.78 is 5.58. The molecule has 0 bridgehead atoms. The van der Waals surface area contributed by atoms with Crippen LogP contribution >= 0.6 is 11.6 Å². The first-order chi connectivity index (χ1) is 10.2. The summed E-state index contributed by atoms with van der Waals surface area (Å²) in [5.41, 5.74) is 1.55. The van der Waals surface area contributed by atoms with E-state index >= 15 is 0 Å². The van der Waals surface area contributed by atoms with Crippen LogP contribution in [0.2, 0.25) is 5.02 Å². The molecule has 1 heterocycles. The molecular formula is C16H13ClN2O2. The number of H-pyrrole nitrogens is 1. The summed E-state index contributed by atoms with van der Waals surface area (Å²) in [7, 11) is 0. The van der Waals surface area contributed by atoms with Gasteiger partial charge in [-0.3, -0.25) is 4.79 Å². The second-order valence-electron chi connectivity index (χ2n) is 4.51. The van der Waals surface area contributed by atoms with Crippen LogP contribution in [0.4, 0.5) is 5.69 Å². The Bertz CT molecular complexity index is 783. The lowest BCUT2D eigenvalue weighted by Gasteiger charge is -2.09. The van der Waals surface area contributed by atoms with Gasteiger partial charge in [-0.25, -0.2) is 0 Å². The van der Waals surface area contributed by atoms with Gasteiger partial charge in [-0.2, -0.15) is 0 Å². The summed E-state index contributed by atoms with van der Waals surface area (Å²) in [5.74, 6) is 0.415. The van der Waals surface area contributed by atoms with Gasteiger partial charge in [0.1, 0.15) is 5.75 Å². The molecule has 0 radical (unpaired) electrons. The van der Waals surface area contributed by atoms with Crippen molar-refractivity contribution in [2.75, 3.05) is 11.9 Å². The molecule has 0 atom stereocenters. The molecule has 2 N–H and O–H groups in total. The van der Waals surface area contributed by atoms with E-state index in [-0.39, 0.29) is 12.5 Å². The SMILES string of the molecule is O=C(COc1cccc2[nH]ccc12)Nc1ccccc1Cl. The minimum atomic E-state index is -0.254. The van der Waals surface area contributed by atoms with Crippen LogP contribution in [0.25, 0.3) is 10.9 Å². The Labute approximate surface area is 126 Å². The first-order valence-electron chi connectivity index (χ1n) is 6.47. The highest BCUT2D eigenvalue weighted by Gasteiger charge is 2.08. The Balaban J connectivity index is 1.66. The van der Waals surface area contributed by atoms with E-state index in [1.54, 1.807) is 18.2 Å². The number of hydrogen-bond donors (Lipinski definition) is 2. The number of hydrogen-bond acceptors (Lipinski definition) is 2. The van der Waals surface area contributed by atoms with Crippen molar-refractivity contribution in [3.05, 3.63) is 59.8 Å². The van der Waals surface area contributed by atoms with Crippen molar-refractivity contribution in [2.24, 2.45) is 0 Å². The predicted molar refractivity (Wildman–Crippen MR) is 83.9 cm³/mol. The summed E-state index contributed by atoms with van der Waals surface area (Å²) in [6.45, 7) is -0.0739. The standard InChI is InChI=1S/C16H13ClN2O2/c17-12-4-1-2-5-14(12)19-16(20)10-21-15-7-3-6-13-11(15)8-9-18-13/h1-9,18H,10H2,(H,19,20). The van der Waals surface area contributed by atoms with Gasteiger partial charge in [0.05, 0.1) is 10.7 Å². The second kappa shape index (κ2) is 5.89. The normalized spacial score (nSPS) is 10.5. The fraction of sp³-hybridized carbons (Fsp3) is 0.0625. The molecule has 3 rings (SSSR count). The molecule has 0 spiro atoms. The highest BCUT2D eigenvalue weighted by atomic mass is 35.5. The lowest BCUT2D eigenvalue weighted by molar-refractivity contribution is -0.118. The molecule has 1 amide bonds. The van der Waals surface area contributed by atoms with Gasteiger partial charge in [0.25, 0.3) is 5.91 Å². The van der Waals surface area contributed by atoms with Crippen molar-refractivity contribution in [1.82, 2.24) is 4.98 Å². The van der Waals surface area contributed by atoms with Crippen LogP contribution in [0.5, 0.6) is 5.75 Å². The van der Waals surface area contributed by atoms with Crippen LogP contribution < -0.4 is 10.1 Å². The van der Waals surface area contributed by atoms with Crippen molar-refractivity contribution < 1.29 is 9.53 Å². The number of rotatable bonds is 4. The van der Waals surface area contributed by atoms with E-state index in [2.05, 4.69) is 10.3 Å². The largest absolute Gasteiger partial charge is 0.483 e. The minimum absolute atomic E-state index is 0.0739. The highest BCUT2D eigenvalue weighted by Crippen LogP contribution is 2.24. The number of nitrogens with one attached hydrogen (secondary N) is 2. The van der Waals surface area contributed by atoms with Gasteiger partial charge in [0, 0.05) is 17.1 Å². The molecule has 21 heavy (non-hydrogen) atoms. The van der Waals surface area contributed by atoms with Crippen molar-refractivity contribution in [1.29, 1.82) is 0 Å². The molecule has 4 nitrogen and oxygen atoms in total. The summed E-state index contributed by atoms with van der Waals surface area (Å²) >= 11 is 5.99. The van der Waals surface area contributed by atoms with Crippen LogP contribution in [0.15, 0.2) is 54.7 Å². The zero-order valence-electron chi connectivity index (χ0n) is 11.1. The monoisotopic (exact) mass is 300 g/mol. The van der Waals surface area contributed by atoms with Gasteiger partial charge in [-0.1, -0.05) is 29.8 Å². The van der Waals surface area contributed by atoms with E-state index < -0.39 is 0 Å².